The molecule has 2 nitrogen and oxygen atoms in total. The number of phenols is 1. The second kappa shape index (κ2) is 3.04. The van der Waals surface area contributed by atoms with E-state index in [9.17, 15) is 5.11 Å². The Kier molecular flexibility index (Phi) is 2.00. The second-order valence-corrected chi connectivity index (χ2v) is 3.92. The van der Waals surface area contributed by atoms with Crippen LogP contribution in [0.15, 0.2) is 18.2 Å². The molecule has 1 N–H and O–H groups in total. The lowest BCUT2D eigenvalue weighted by Crippen LogP contribution is -2.34. The van der Waals surface area contributed by atoms with Gasteiger partial charge in [-0.05, 0) is 43.7 Å². The number of phenolic OH excluding ortho intramolecular Hbond substituents is 1. The van der Waals surface area contributed by atoms with Gasteiger partial charge < -0.3 is 5.11 Å². The SMILES string of the molecule is CC1Cc2cc(O)ccc2CN1C. The molecular formula is C11H15NO. The third kappa shape index (κ3) is 1.54. The summed E-state index contributed by atoms with van der Waals surface area (Å²) in [5, 5.41) is 9.33. The predicted molar refractivity (Wildman–Crippen MR) is 52.7 cm³/mol. The summed E-state index contributed by atoms with van der Waals surface area (Å²) in [4.78, 5) is 2.33. The molecule has 2 heteroatoms. The molecule has 0 saturated heterocycles. The van der Waals surface area contributed by atoms with E-state index in [4.69, 9.17) is 0 Å². The smallest absolute Gasteiger partial charge is 0.115 e. The zero-order valence-electron chi connectivity index (χ0n) is 8.12. The number of rotatable bonds is 0. The summed E-state index contributed by atoms with van der Waals surface area (Å²) < 4.78 is 0. The molecule has 0 aromatic heterocycles. The maximum atomic E-state index is 9.33. The fourth-order valence-electron chi connectivity index (χ4n) is 1.86. The van der Waals surface area contributed by atoms with Crippen LogP contribution >= 0.6 is 0 Å². The Hall–Kier alpha value is -1.02. The van der Waals surface area contributed by atoms with E-state index < -0.39 is 0 Å². The van der Waals surface area contributed by atoms with Crippen molar-refractivity contribution in [3.05, 3.63) is 29.3 Å². The van der Waals surface area contributed by atoms with E-state index in [0.29, 0.717) is 11.8 Å². The predicted octanol–water partition coefficient (Wildman–Crippen LogP) is 1.77. The second-order valence-electron chi connectivity index (χ2n) is 3.92. The number of benzene rings is 1. The molecular weight excluding hydrogens is 162 g/mol. The maximum Gasteiger partial charge on any atom is 0.115 e. The quantitative estimate of drug-likeness (QED) is 0.653. The summed E-state index contributed by atoms with van der Waals surface area (Å²) in [5.41, 5.74) is 2.64. The number of nitrogens with zero attached hydrogens (tertiary/aromatic N) is 1. The highest BCUT2D eigenvalue weighted by atomic mass is 16.3. The Morgan fingerprint density at radius 1 is 1.38 bits per heavy atom. The van der Waals surface area contributed by atoms with Crippen LogP contribution in [0.2, 0.25) is 0 Å². The van der Waals surface area contributed by atoms with Gasteiger partial charge in [0, 0.05) is 12.6 Å². The first-order valence-electron chi connectivity index (χ1n) is 4.68. The number of aromatic hydroxyl groups is 1. The van der Waals surface area contributed by atoms with Crippen LogP contribution in [-0.4, -0.2) is 23.1 Å². The summed E-state index contributed by atoms with van der Waals surface area (Å²) in [6.07, 6.45) is 1.04. The average molecular weight is 177 g/mol. The number of hydrogen-bond acceptors (Lipinski definition) is 2. The molecule has 1 heterocycles. The molecule has 1 atom stereocenters. The Balaban J connectivity index is 2.37. The largest absolute Gasteiger partial charge is 0.508 e. The summed E-state index contributed by atoms with van der Waals surface area (Å²) in [7, 11) is 2.14. The van der Waals surface area contributed by atoms with Crippen LogP contribution < -0.4 is 0 Å². The van der Waals surface area contributed by atoms with Crippen molar-refractivity contribution in [2.75, 3.05) is 7.05 Å². The molecule has 0 bridgehead atoms. The summed E-state index contributed by atoms with van der Waals surface area (Å²) in [5.74, 6) is 0.385. The van der Waals surface area contributed by atoms with Crippen molar-refractivity contribution in [2.24, 2.45) is 0 Å². The number of fused-ring (bicyclic) bond motifs is 1. The molecule has 0 aliphatic carbocycles. The van der Waals surface area contributed by atoms with Gasteiger partial charge in [-0.2, -0.15) is 0 Å². The normalized spacial score (nSPS) is 22.8. The average Bonchev–Trinajstić information content (AvgIpc) is 2.08. The van der Waals surface area contributed by atoms with E-state index >= 15 is 0 Å². The van der Waals surface area contributed by atoms with Crippen molar-refractivity contribution in [3.8, 4) is 5.75 Å². The van der Waals surface area contributed by atoms with Gasteiger partial charge in [-0.3, -0.25) is 4.90 Å². The van der Waals surface area contributed by atoms with Crippen molar-refractivity contribution in [1.82, 2.24) is 4.90 Å². The molecule has 1 unspecified atom stereocenters. The molecule has 0 fully saturated rings. The lowest BCUT2D eigenvalue weighted by Gasteiger charge is -2.31. The lowest BCUT2D eigenvalue weighted by molar-refractivity contribution is 0.231. The zero-order chi connectivity index (χ0) is 9.42. The van der Waals surface area contributed by atoms with E-state index in [1.54, 1.807) is 6.07 Å². The van der Waals surface area contributed by atoms with Crippen molar-refractivity contribution in [2.45, 2.75) is 25.9 Å². The molecule has 2 rings (SSSR count). The van der Waals surface area contributed by atoms with Gasteiger partial charge in [0.25, 0.3) is 0 Å². The summed E-state index contributed by atoms with van der Waals surface area (Å²) in [6.45, 7) is 3.21. The summed E-state index contributed by atoms with van der Waals surface area (Å²) in [6, 6.07) is 6.25. The van der Waals surface area contributed by atoms with Gasteiger partial charge in [-0.1, -0.05) is 6.07 Å². The fraction of sp³-hybridized carbons (Fsp3) is 0.455. The van der Waals surface area contributed by atoms with Crippen LogP contribution in [0.3, 0.4) is 0 Å². The Bertz CT molecular complexity index is 322. The van der Waals surface area contributed by atoms with Crippen LogP contribution in [-0.2, 0) is 13.0 Å². The highest BCUT2D eigenvalue weighted by Crippen LogP contribution is 2.24. The van der Waals surface area contributed by atoms with Gasteiger partial charge in [0.1, 0.15) is 5.75 Å². The third-order valence-electron chi connectivity index (χ3n) is 2.88. The molecule has 13 heavy (non-hydrogen) atoms. The van der Waals surface area contributed by atoms with Gasteiger partial charge in [-0.25, -0.2) is 0 Å². The molecule has 1 aromatic rings. The van der Waals surface area contributed by atoms with Crippen molar-refractivity contribution in [3.63, 3.8) is 0 Å². The zero-order valence-corrected chi connectivity index (χ0v) is 8.12. The molecule has 0 spiro atoms. The fourth-order valence-corrected chi connectivity index (χ4v) is 1.86. The maximum absolute atomic E-state index is 9.33. The van der Waals surface area contributed by atoms with Crippen LogP contribution in [0, 0.1) is 0 Å². The summed E-state index contributed by atoms with van der Waals surface area (Å²) >= 11 is 0. The van der Waals surface area contributed by atoms with Crippen LogP contribution in [0.5, 0.6) is 5.75 Å². The topological polar surface area (TPSA) is 23.5 Å². The minimum absolute atomic E-state index is 0.385. The minimum atomic E-state index is 0.385. The number of hydrogen-bond donors (Lipinski definition) is 1. The van der Waals surface area contributed by atoms with Crippen molar-refractivity contribution in [1.29, 1.82) is 0 Å². The molecule has 0 amide bonds. The van der Waals surface area contributed by atoms with E-state index in [1.165, 1.54) is 11.1 Å². The third-order valence-corrected chi connectivity index (χ3v) is 2.88. The van der Waals surface area contributed by atoms with Gasteiger partial charge in [0.15, 0.2) is 0 Å². The van der Waals surface area contributed by atoms with E-state index in [1.807, 2.05) is 12.1 Å². The lowest BCUT2D eigenvalue weighted by atomic mass is 9.95. The highest BCUT2D eigenvalue weighted by Gasteiger charge is 2.19. The van der Waals surface area contributed by atoms with Gasteiger partial charge >= 0.3 is 0 Å². The molecule has 0 saturated carbocycles. The molecule has 1 aliphatic heterocycles. The van der Waals surface area contributed by atoms with Crippen LogP contribution in [0.4, 0.5) is 0 Å². The van der Waals surface area contributed by atoms with Crippen molar-refractivity contribution >= 4 is 0 Å². The minimum Gasteiger partial charge on any atom is -0.508 e. The monoisotopic (exact) mass is 177 g/mol. The van der Waals surface area contributed by atoms with Crippen molar-refractivity contribution < 1.29 is 5.11 Å². The van der Waals surface area contributed by atoms with Crippen LogP contribution in [0.25, 0.3) is 0 Å². The highest BCUT2D eigenvalue weighted by molar-refractivity contribution is 5.36. The van der Waals surface area contributed by atoms with Gasteiger partial charge in [-0.15, -0.1) is 0 Å². The standard InChI is InChI=1S/C11H15NO/c1-8-5-10-6-11(13)4-3-9(10)7-12(8)2/h3-4,6,8,13H,5,7H2,1-2H3. The first kappa shape index (κ1) is 8.57. The van der Waals surface area contributed by atoms with Gasteiger partial charge in [0.2, 0.25) is 0 Å². The van der Waals surface area contributed by atoms with Crippen LogP contribution in [0.1, 0.15) is 18.1 Å². The first-order valence-corrected chi connectivity index (χ1v) is 4.68. The van der Waals surface area contributed by atoms with E-state index in [2.05, 4.69) is 18.9 Å². The molecule has 0 radical (unpaired) electrons. The Labute approximate surface area is 78.8 Å². The molecule has 1 aliphatic rings. The first-order chi connectivity index (χ1) is 6.16. The Morgan fingerprint density at radius 3 is 2.92 bits per heavy atom. The van der Waals surface area contributed by atoms with E-state index in [-0.39, 0.29) is 0 Å². The number of likely N-dealkylation sites (N-methyl/N-ethyl adjacent to an activating group) is 1. The van der Waals surface area contributed by atoms with E-state index in [0.717, 1.165) is 13.0 Å². The van der Waals surface area contributed by atoms with Gasteiger partial charge in [0.05, 0.1) is 0 Å². The molecule has 1 aromatic carbocycles. The molecule has 70 valence electrons. The Morgan fingerprint density at radius 2 is 2.15 bits per heavy atom.